The molecule has 2 saturated heterocycles. The number of rotatable bonds is 5. The third-order valence-electron chi connectivity index (χ3n) is 6.07. The monoisotopic (exact) mass is 464 g/mol. The lowest BCUT2D eigenvalue weighted by Crippen LogP contribution is -2.54. The van der Waals surface area contributed by atoms with E-state index in [1.807, 2.05) is 5.01 Å². The lowest BCUT2D eigenvalue weighted by Gasteiger charge is -2.38. The number of carbonyl (C=O) groups is 1. The summed E-state index contributed by atoms with van der Waals surface area (Å²) in [7, 11) is 0. The summed E-state index contributed by atoms with van der Waals surface area (Å²) in [6, 6.07) is 5.51. The summed E-state index contributed by atoms with van der Waals surface area (Å²) in [4.78, 5) is 16.9. The van der Waals surface area contributed by atoms with E-state index in [0.29, 0.717) is 29.7 Å². The number of halogens is 3. The van der Waals surface area contributed by atoms with Gasteiger partial charge in [-0.2, -0.15) is 4.98 Å². The van der Waals surface area contributed by atoms with Crippen molar-refractivity contribution in [1.82, 2.24) is 31.2 Å². The molecular weight excluding hydrogens is 441 g/mol. The van der Waals surface area contributed by atoms with Crippen molar-refractivity contribution < 1.29 is 27.2 Å². The van der Waals surface area contributed by atoms with Crippen LogP contribution in [0.3, 0.4) is 0 Å². The van der Waals surface area contributed by atoms with Crippen molar-refractivity contribution >= 4 is 5.91 Å². The number of nitrogens with zero attached hydrogens (tertiary/aromatic N) is 3. The zero-order chi connectivity index (χ0) is 23.0. The van der Waals surface area contributed by atoms with E-state index < -0.39 is 6.36 Å². The molecule has 1 aromatic heterocycles. The molecule has 33 heavy (non-hydrogen) atoms. The van der Waals surface area contributed by atoms with Crippen LogP contribution in [0, 0.1) is 5.92 Å². The van der Waals surface area contributed by atoms with E-state index in [1.54, 1.807) is 6.08 Å². The Balaban J connectivity index is 1.26. The van der Waals surface area contributed by atoms with E-state index >= 15 is 0 Å². The molecule has 3 aliphatic rings. The summed E-state index contributed by atoms with van der Waals surface area (Å²) in [5, 5.41) is 12.4. The van der Waals surface area contributed by atoms with Crippen LogP contribution in [0.1, 0.15) is 36.0 Å². The molecule has 176 valence electrons. The van der Waals surface area contributed by atoms with Crippen molar-refractivity contribution in [2.24, 2.45) is 5.92 Å². The summed E-state index contributed by atoms with van der Waals surface area (Å²) in [5.74, 6) is 0.470. The fraction of sp³-hybridized carbons (Fsp3) is 0.476. The molecule has 2 atom stereocenters. The molecule has 0 spiro atoms. The van der Waals surface area contributed by atoms with Crippen molar-refractivity contribution in [2.75, 3.05) is 19.6 Å². The predicted molar refractivity (Wildman–Crippen MR) is 108 cm³/mol. The van der Waals surface area contributed by atoms with Gasteiger partial charge in [-0.05, 0) is 43.6 Å². The SMILES string of the molecule is O=C1C=C(C2CCNCC2)N2NCC(c3noc(Cc4ccc(OC(F)(F)F)cc4)n3)C2N1. The van der Waals surface area contributed by atoms with E-state index in [2.05, 4.69) is 30.9 Å². The lowest BCUT2D eigenvalue weighted by atomic mass is 9.92. The third-order valence-corrected chi connectivity index (χ3v) is 6.07. The van der Waals surface area contributed by atoms with Gasteiger partial charge >= 0.3 is 6.36 Å². The highest BCUT2D eigenvalue weighted by atomic mass is 19.4. The first-order valence-corrected chi connectivity index (χ1v) is 10.8. The number of hydrogen-bond acceptors (Lipinski definition) is 8. The molecule has 0 radical (unpaired) electrons. The van der Waals surface area contributed by atoms with Gasteiger partial charge < -0.3 is 19.9 Å². The van der Waals surface area contributed by atoms with Crippen molar-refractivity contribution in [1.29, 1.82) is 0 Å². The highest BCUT2D eigenvalue weighted by Gasteiger charge is 2.43. The minimum Gasteiger partial charge on any atom is -0.406 e. The maximum absolute atomic E-state index is 12.4. The molecule has 3 N–H and O–H groups in total. The molecule has 0 saturated carbocycles. The van der Waals surface area contributed by atoms with Gasteiger partial charge in [0.1, 0.15) is 11.9 Å². The van der Waals surface area contributed by atoms with E-state index in [9.17, 15) is 18.0 Å². The number of benzene rings is 1. The molecular formula is C21H23F3N6O3. The first-order chi connectivity index (χ1) is 15.9. The lowest BCUT2D eigenvalue weighted by molar-refractivity contribution is -0.274. The van der Waals surface area contributed by atoms with Crippen LogP contribution in [0.5, 0.6) is 5.75 Å². The van der Waals surface area contributed by atoms with Crippen LogP contribution in [-0.2, 0) is 11.2 Å². The highest BCUT2D eigenvalue weighted by Crippen LogP contribution is 2.34. The Bertz CT molecular complexity index is 1030. The van der Waals surface area contributed by atoms with Crippen LogP contribution in [0.25, 0.3) is 0 Å². The molecule has 0 bridgehead atoms. The minimum absolute atomic E-state index is 0.136. The smallest absolute Gasteiger partial charge is 0.406 e. The maximum atomic E-state index is 12.4. The average Bonchev–Trinajstić information content (AvgIpc) is 3.41. The highest BCUT2D eigenvalue weighted by molar-refractivity contribution is 5.89. The second kappa shape index (κ2) is 8.67. The Kier molecular flexibility index (Phi) is 5.71. The van der Waals surface area contributed by atoms with E-state index in [-0.39, 0.29) is 30.2 Å². The van der Waals surface area contributed by atoms with Crippen LogP contribution < -0.4 is 20.8 Å². The van der Waals surface area contributed by atoms with Gasteiger partial charge in [0.05, 0.1) is 12.3 Å². The van der Waals surface area contributed by atoms with Gasteiger partial charge in [0.2, 0.25) is 11.8 Å². The average molecular weight is 464 g/mol. The quantitative estimate of drug-likeness (QED) is 0.616. The van der Waals surface area contributed by atoms with Crippen molar-refractivity contribution in [3.8, 4) is 5.75 Å². The molecule has 1 aromatic carbocycles. The number of allylic oxidation sites excluding steroid dienone is 1. The van der Waals surface area contributed by atoms with Gasteiger partial charge in [0.15, 0.2) is 5.82 Å². The van der Waals surface area contributed by atoms with Gasteiger partial charge in [-0.3, -0.25) is 9.80 Å². The molecule has 4 heterocycles. The van der Waals surface area contributed by atoms with Crippen molar-refractivity contribution in [3.63, 3.8) is 0 Å². The molecule has 1 amide bonds. The van der Waals surface area contributed by atoms with E-state index in [0.717, 1.165) is 31.6 Å². The van der Waals surface area contributed by atoms with Crippen LogP contribution in [-0.4, -0.2) is 53.2 Å². The second-order valence-corrected chi connectivity index (χ2v) is 8.30. The molecule has 5 rings (SSSR count). The standard InChI is InChI=1S/C21H23F3N6O3/c22-21(23,24)32-14-3-1-12(2-4-14)9-18-28-19(29-33-18)15-11-26-30-16(10-17(31)27-20(15)30)13-5-7-25-8-6-13/h1-4,10,13,15,20,25-26H,5-9,11H2,(H,27,31). The van der Waals surface area contributed by atoms with Gasteiger partial charge in [-0.25, -0.2) is 5.43 Å². The van der Waals surface area contributed by atoms with Gasteiger partial charge in [-0.15, -0.1) is 13.2 Å². The summed E-state index contributed by atoms with van der Waals surface area (Å²) >= 11 is 0. The van der Waals surface area contributed by atoms with E-state index in [1.165, 1.54) is 24.3 Å². The van der Waals surface area contributed by atoms with E-state index in [4.69, 9.17) is 4.52 Å². The fourth-order valence-electron chi connectivity index (χ4n) is 4.53. The van der Waals surface area contributed by atoms with Gasteiger partial charge in [0.25, 0.3) is 0 Å². The number of piperidine rings is 1. The third kappa shape index (κ3) is 4.81. The summed E-state index contributed by atoms with van der Waals surface area (Å²) < 4.78 is 46.2. The van der Waals surface area contributed by atoms with Gasteiger partial charge in [-0.1, -0.05) is 17.3 Å². The van der Waals surface area contributed by atoms with Crippen LogP contribution in [0.2, 0.25) is 0 Å². The van der Waals surface area contributed by atoms with Crippen molar-refractivity contribution in [2.45, 2.75) is 37.7 Å². The normalized spacial score (nSPS) is 23.8. The summed E-state index contributed by atoms with van der Waals surface area (Å²) in [6.45, 7) is 2.38. The summed E-state index contributed by atoms with van der Waals surface area (Å²) in [5.41, 5.74) is 5.05. The zero-order valence-corrected chi connectivity index (χ0v) is 17.6. The number of alkyl halides is 3. The zero-order valence-electron chi connectivity index (χ0n) is 17.6. The molecule has 2 unspecified atom stereocenters. The number of hydrogen-bond donors (Lipinski definition) is 3. The Morgan fingerprint density at radius 2 is 1.94 bits per heavy atom. The van der Waals surface area contributed by atoms with Crippen LogP contribution in [0.4, 0.5) is 13.2 Å². The Labute approximate surface area is 187 Å². The number of amides is 1. The molecule has 12 heteroatoms. The molecule has 2 fully saturated rings. The Morgan fingerprint density at radius 3 is 2.67 bits per heavy atom. The first kappa shape index (κ1) is 21.7. The minimum atomic E-state index is -4.73. The van der Waals surface area contributed by atoms with Gasteiger partial charge in [0, 0.05) is 24.2 Å². The van der Waals surface area contributed by atoms with Crippen LogP contribution >= 0.6 is 0 Å². The summed E-state index contributed by atoms with van der Waals surface area (Å²) in [6.07, 6.45) is -1.20. The van der Waals surface area contributed by atoms with Crippen molar-refractivity contribution in [3.05, 3.63) is 53.3 Å². The number of ether oxygens (including phenoxy) is 1. The molecule has 9 nitrogen and oxygen atoms in total. The maximum Gasteiger partial charge on any atom is 0.573 e. The first-order valence-electron chi connectivity index (χ1n) is 10.8. The largest absolute Gasteiger partial charge is 0.573 e. The molecule has 3 aliphatic heterocycles. The van der Waals surface area contributed by atoms with Crippen LogP contribution in [0.15, 0.2) is 40.6 Å². The predicted octanol–water partition coefficient (Wildman–Crippen LogP) is 1.80. The molecule has 2 aromatic rings. The Hall–Kier alpha value is -3.12. The number of nitrogens with one attached hydrogen (secondary N) is 3. The number of fused-ring (bicyclic) bond motifs is 1. The topological polar surface area (TPSA) is 105 Å². The number of aromatic nitrogens is 2. The second-order valence-electron chi connectivity index (χ2n) is 8.30. The molecule has 0 aliphatic carbocycles. The fourth-order valence-corrected chi connectivity index (χ4v) is 4.53. The Morgan fingerprint density at radius 1 is 1.18 bits per heavy atom. The number of carbonyl (C=O) groups excluding carboxylic acids is 1. The number of hydrazine groups is 1.